The Bertz CT molecular complexity index is 1080. The third-order valence-electron chi connectivity index (χ3n) is 11.3. The van der Waals surface area contributed by atoms with Crippen LogP contribution in [-0.4, -0.2) is 36.2 Å². The molecule has 4 fully saturated rings. The van der Waals surface area contributed by atoms with Crippen molar-refractivity contribution in [2.24, 2.45) is 39.9 Å². The highest BCUT2D eigenvalue weighted by Gasteiger charge is 2.67. The molecule has 0 aliphatic heterocycles. The molecule has 9 atom stereocenters. The standard InChI is InChI=1S/C32H44O6/c1-19(33)36-26-15-17-31(5)23-14-16-32(6)22(12-13-27(32)37-20(2)34)28(23)24(18-25(31)30(26,3)4)38-29(35)21-10-8-7-9-11-21/h7-11,22-28H,12-18H2,1-6H3/t22-,23-,24?,25?,26?,27?,28-,31+,32-/m0/s1. The predicted octanol–water partition coefficient (Wildman–Crippen LogP) is 6.36. The molecule has 1 aromatic rings. The first-order valence-electron chi connectivity index (χ1n) is 14.5. The Hall–Kier alpha value is -2.37. The van der Waals surface area contributed by atoms with Crippen molar-refractivity contribution in [3.05, 3.63) is 35.9 Å². The fourth-order valence-corrected chi connectivity index (χ4v) is 9.61. The lowest BCUT2D eigenvalue weighted by atomic mass is 9.40. The van der Waals surface area contributed by atoms with Crippen LogP contribution in [0.2, 0.25) is 0 Å². The Morgan fingerprint density at radius 3 is 2.00 bits per heavy atom. The van der Waals surface area contributed by atoms with Gasteiger partial charge in [-0.3, -0.25) is 9.59 Å². The SMILES string of the molecule is CC(=O)OC1CC[C@@]2(C)C(CC(OC(=O)c3ccccc3)[C@@H]3[C@@H]2CC[C@]2(C)C(OC(C)=O)CC[C@@H]32)C1(C)C. The van der Waals surface area contributed by atoms with Crippen LogP contribution < -0.4 is 0 Å². The number of carbonyl (C=O) groups is 3. The van der Waals surface area contributed by atoms with Crippen LogP contribution in [0.15, 0.2) is 30.3 Å². The van der Waals surface area contributed by atoms with Crippen molar-refractivity contribution in [3.63, 3.8) is 0 Å². The quantitative estimate of drug-likeness (QED) is 0.337. The van der Waals surface area contributed by atoms with E-state index in [1.807, 2.05) is 30.3 Å². The summed E-state index contributed by atoms with van der Waals surface area (Å²) in [5.41, 5.74) is 0.276. The number of ether oxygens (including phenoxy) is 3. The molecule has 0 heterocycles. The van der Waals surface area contributed by atoms with Gasteiger partial charge in [-0.05, 0) is 80.2 Å². The summed E-state index contributed by atoms with van der Waals surface area (Å²) >= 11 is 0. The van der Waals surface area contributed by atoms with Crippen molar-refractivity contribution in [2.75, 3.05) is 0 Å². The zero-order valence-electron chi connectivity index (χ0n) is 23.8. The molecule has 0 spiro atoms. The van der Waals surface area contributed by atoms with Gasteiger partial charge in [-0.1, -0.05) is 45.9 Å². The normalized spacial score (nSPS) is 41.2. The molecule has 0 saturated heterocycles. The van der Waals surface area contributed by atoms with Crippen molar-refractivity contribution < 1.29 is 28.6 Å². The molecule has 6 heteroatoms. The van der Waals surface area contributed by atoms with Gasteiger partial charge in [0.1, 0.15) is 18.3 Å². The van der Waals surface area contributed by atoms with E-state index in [-0.39, 0.29) is 64.3 Å². The molecule has 4 aliphatic carbocycles. The lowest BCUT2D eigenvalue weighted by molar-refractivity contribution is -0.221. The molecule has 5 rings (SSSR count). The molecule has 4 aliphatic rings. The molecule has 0 N–H and O–H groups in total. The number of rotatable bonds is 4. The van der Waals surface area contributed by atoms with Crippen LogP contribution in [0.3, 0.4) is 0 Å². The van der Waals surface area contributed by atoms with Crippen LogP contribution in [-0.2, 0) is 23.8 Å². The number of hydrogen-bond donors (Lipinski definition) is 0. The molecular formula is C32H44O6. The topological polar surface area (TPSA) is 78.9 Å². The molecule has 6 nitrogen and oxygen atoms in total. The molecule has 0 bridgehead atoms. The Kier molecular flexibility index (Phi) is 6.93. The highest BCUT2D eigenvalue weighted by molar-refractivity contribution is 5.89. The van der Waals surface area contributed by atoms with E-state index in [0.29, 0.717) is 17.4 Å². The fraction of sp³-hybridized carbons (Fsp3) is 0.719. The Balaban J connectivity index is 1.52. The van der Waals surface area contributed by atoms with E-state index in [4.69, 9.17) is 14.2 Å². The van der Waals surface area contributed by atoms with Crippen molar-refractivity contribution in [3.8, 4) is 0 Å². The molecule has 4 saturated carbocycles. The lowest BCUT2D eigenvalue weighted by Gasteiger charge is -2.65. The molecule has 0 amide bonds. The van der Waals surface area contributed by atoms with Gasteiger partial charge in [0.15, 0.2) is 0 Å². The van der Waals surface area contributed by atoms with Crippen LogP contribution in [0.25, 0.3) is 0 Å². The Morgan fingerprint density at radius 2 is 1.34 bits per heavy atom. The largest absolute Gasteiger partial charge is 0.462 e. The number of hydrogen-bond acceptors (Lipinski definition) is 6. The first kappa shape index (κ1) is 27.2. The van der Waals surface area contributed by atoms with Gasteiger partial charge < -0.3 is 14.2 Å². The summed E-state index contributed by atoms with van der Waals surface area (Å²) in [6.07, 6.45) is 6.02. The van der Waals surface area contributed by atoms with Crippen molar-refractivity contribution in [1.82, 2.24) is 0 Å². The van der Waals surface area contributed by atoms with Gasteiger partial charge >= 0.3 is 17.9 Å². The van der Waals surface area contributed by atoms with Gasteiger partial charge in [-0.2, -0.15) is 0 Å². The first-order chi connectivity index (χ1) is 17.9. The van der Waals surface area contributed by atoms with Gasteiger partial charge in [0.05, 0.1) is 5.56 Å². The van der Waals surface area contributed by atoms with Crippen LogP contribution in [0.4, 0.5) is 0 Å². The zero-order chi connectivity index (χ0) is 27.5. The minimum atomic E-state index is -0.273. The van der Waals surface area contributed by atoms with E-state index < -0.39 is 0 Å². The van der Waals surface area contributed by atoms with Crippen molar-refractivity contribution in [1.29, 1.82) is 0 Å². The maximum Gasteiger partial charge on any atom is 0.338 e. The van der Waals surface area contributed by atoms with Crippen LogP contribution >= 0.6 is 0 Å². The maximum absolute atomic E-state index is 13.4. The van der Waals surface area contributed by atoms with Crippen LogP contribution in [0.1, 0.15) is 96.8 Å². The summed E-state index contributed by atoms with van der Waals surface area (Å²) in [6, 6.07) is 9.25. The van der Waals surface area contributed by atoms with Crippen molar-refractivity contribution >= 4 is 17.9 Å². The smallest absolute Gasteiger partial charge is 0.338 e. The van der Waals surface area contributed by atoms with E-state index in [9.17, 15) is 14.4 Å². The highest BCUT2D eigenvalue weighted by Crippen LogP contribution is 2.69. The van der Waals surface area contributed by atoms with Gasteiger partial charge in [-0.25, -0.2) is 4.79 Å². The average molecular weight is 525 g/mol. The lowest BCUT2D eigenvalue weighted by Crippen LogP contribution is -2.64. The molecule has 1 aromatic carbocycles. The summed E-state index contributed by atoms with van der Waals surface area (Å²) in [4.78, 5) is 37.3. The number of esters is 3. The summed E-state index contributed by atoms with van der Waals surface area (Å²) in [5, 5.41) is 0. The van der Waals surface area contributed by atoms with Gasteiger partial charge in [-0.15, -0.1) is 0 Å². The predicted molar refractivity (Wildman–Crippen MR) is 143 cm³/mol. The minimum Gasteiger partial charge on any atom is -0.462 e. The number of carbonyl (C=O) groups excluding carboxylic acids is 3. The molecular weight excluding hydrogens is 480 g/mol. The summed E-state index contributed by atoms with van der Waals surface area (Å²) < 4.78 is 18.2. The van der Waals surface area contributed by atoms with E-state index in [1.54, 1.807) is 0 Å². The third-order valence-corrected chi connectivity index (χ3v) is 11.3. The number of benzene rings is 1. The van der Waals surface area contributed by atoms with E-state index >= 15 is 0 Å². The maximum atomic E-state index is 13.4. The van der Waals surface area contributed by atoms with Crippen molar-refractivity contribution in [2.45, 2.75) is 105 Å². The molecule has 38 heavy (non-hydrogen) atoms. The average Bonchev–Trinajstić information content (AvgIpc) is 3.18. The van der Waals surface area contributed by atoms with Crippen LogP contribution in [0, 0.1) is 39.9 Å². The molecule has 208 valence electrons. The first-order valence-corrected chi connectivity index (χ1v) is 14.5. The summed E-state index contributed by atoms with van der Waals surface area (Å²) in [6.45, 7) is 12.2. The molecule has 0 aromatic heterocycles. The number of fused-ring (bicyclic) bond motifs is 5. The van der Waals surface area contributed by atoms with Gasteiger partial charge in [0.2, 0.25) is 0 Å². The summed E-state index contributed by atoms with van der Waals surface area (Å²) in [5.74, 6) is 0.454. The fourth-order valence-electron chi connectivity index (χ4n) is 9.61. The molecule has 0 radical (unpaired) electrons. The molecule has 4 unspecified atom stereocenters. The van der Waals surface area contributed by atoms with Gasteiger partial charge in [0.25, 0.3) is 0 Å². The zero-order valence-corrected chi connectivity index (χ0v) is 23.8. The Morgan fingerprint density at radius 1 is 0.737 bits per heavy atom. The third kappa shape index (κ3) is 4.36. The van der Waals surface area contributed by atoms with E-state index in [1.165, 1.54) is 13.8 Å². The minimum absolute atomic E-state index is 0.0569. The van der Waals surface area contributed by atoms with E-state index in [0.717, 1.165) is 44.9 Å². The highest BCUT2D eigenvalue weighted by atomic mass is 16.6. The van der Waals surface area contributed by atoms with Crippen LogP contribution in [0.5, 0.6) is 0 Å². The van der Waals surface area contributed by atoms with E-state index in [2.05, 4.69) is 27.7 Å². The second kappa shape index (κ2) is 9.67. The monoisotopic (exact) mass is 524 g/mol. The second-order valence-electron chi connectivity index (χ2n) is 13.6. The summed E-state index contributed by atoms with van der Waals surface area (Å²) in [7, 11) is 0. The Labute approximate surface area is 227 Å². The van der Waals surface area contributed by atoms with Gasteiger partial charge in [0, 0.05) is 30.6 Å². The second-order valence-corrected chi connectivity index (χ2v) is 13.6.